The van der Waals surface area contributed by atoms with Gasteiger partial charge in [0.1, 0.15) is 11.6 Å². The zero-order chi connectivity index (χ0) is 17.7. The zero-order valence-electron chi connectivity index (χ0n) is 13.2. The number of halogens is 1. The van der Waals surface area contributed by atoms with E-state index in [0.717, 1.165) is 6.26 Å². The van der Waals surface area contributed by atoms with Gasteiger partial charge in [-0.3, -0.25) is 4.79 Å². The number of amides is 1. The third-order valence-electron chi connectivity index (χ3n) is 3.18. The van der Waals surface area contributed by atoms with Crippen LogP contribution in [0.3, 0.4) is 0 Å². The van der Waals surface area contributed by atoms with Gasteiger partial charge in [0.2, 0.25) is 5.91 Å². The molecule has 24 heavy (non-hydrogen) atoms. The van der Waals surface area contributed by atoms with E-state index in [1.807, 2.05) is 0 Å². The minimum absolute atomic E-state index is 0.0144. The van der Waals surface area contributed by atoms with Crippen LogP contribution in [0, 0.1) is 5.82 Å². The van der Waals surface area contributed by atoms with Crippen molar-refractivity contribution in [1.29, 1.82) is 0 Å². The maximum Gasteiger partial charge on any atom is 0.243 e. The van der Waals surface area contributed by atoms with E-state index in [4.69, 9.17) is 4.74 Å². The number of anilines is 2. The van der Waals surface area contributed by atoms with E-state index in [9.17, 15) is 17.6 Å². The maximum atomic E-state index is 13.5. The van der Waals surface area contributed by atoms with Gasteiger partial charge >= 0.3 is 0 Å². The highest BCUT2D eigenvalue weighted by atomic mass is 32.2. The van der Waals surface area contributed by atoms with Gasteiger partial charge in [-0.1, -0.05) is 12.1 Å². The Bertz CT molecular complexity index is 853. The molecular weight excluding hydrogens is 335 g/mol. The van der Waals surface area contributed by atoms with Crippen LogP contribution >= 0.6 is 0 Å². The zero-order valence-corrected chi connectivity index (χ0v) is 14.0. The highest BCUT2D eigenvalue weighted by molar-refractivity contribution is 7.90. The van der Waals surface area contributed by atoms with E-state index < -0.39 is 21.6 Å². The lowest BCUT2D eigenvalue weighted by atomic mass is 10.3. The molecular formula is C16H17FN2O4S. The Labute approximate surface area is 139 Å². The molecule has 0 heterocycles. The Morgan fingerprint density at radius 1 is 1.17 bits per heavy atom. The van der Waals surface area contributed by atoms with E-state index in [2.05, 4.69) is 10.6 Å². The van der Waals surface area contributed by atoms with E-state index >= 15 is 0 Å². The van der Waals surface area contributed by atoms with Crippen molar-refractivity contribution in [1.82, 2.24) is 0 Å². The predicted octanol–water partition coefficient (Wildman–Crippen LogP) is 2.29. The van der Waals surface area contributed by atoms with Crippen molar-refractivity contribution in [2.75, 3.05) is 30.5 Å². The number of carbonyl (C=O) groups excluding carboxylic acids is 1. The Morgan fingerprint density at radius 2 is 1.88 bits per heavy atom. The second-order valence-electron chi connectivity index (χ2n) is 5.02. The lowest BCUT2D eigenvalue weighted by Gasteiger charge is -2.12. The van der Waals surface area contributed by atoms with Gasteiger partial charge in [0, 0.05) is 12.3 Å². The highest BCUT2D eigenvalue weighted by Gasteiger charge is 2.15. The Balaban J connectivity index is 2.12. The molecule has 8 heteroatoms. The average Bonchev–Trinajstić information content (AvgIpc) is 2.54. The number of methoxy groups -OCH3 is 1. The minimum Gasteiger partial charge on any atom is -0.497 e. The Hall–Kier alpha value is -2.61. The normalized spacial score (nSPS) is 11.0. The van der Waals surface area contributed by atoms with Gasteiger partial charge in [-0.05, 0) is 24.3 Å². The maximum absolute atomic E-state index is 13.5. The quantitative estimate of drug-likeness (QED) is 0.833. The lowest BCUT2D eigenvalue weighted by molar-refractivity contribution is -0.114. The molecule has 0 aliphatic carbocycles. The Morgan fingerprint density at radius 3 is 2.50 bits per heavy atom. The van der Waals surface area contributed by atoms with Crippen LogP contribution in [0.25, 0.3) is 0 Å². The van der Waals surface area contributed by atoms with Crippen LogP contribution in [0.5, 0.6) is 5.75 Å². The number of sulfone groups is 1. The van der Waals surface area contributed by atoms with Crippen LogP contribution < -0.4 is 15.4 Å². The molecule has 2 aromatic rings. The molecule has 6 nitrogen and oxygen atoms in total. The summed E-state index contributed by atoms with van der Waals surface area (Å²) in [7, 11) is -2.09. The fourth-order valence-corrected chi connectivity index (χ4v) is 2.88. The number of hydrogen-bond acceptors (Lipinski definition) is 5. The van der Waals surface area contributed by atoms with Crippen molar-refractivity contribution in [3.63, 3.8) is 0 Å². The van der Waals surface area contributed by atoms with Crippen LogP contribution in [0.2, 0.25) is 0 Å². The molecule has 0 aliphatic heterocycles. The molecule has 0 atom stereocenters. The monoisotopic (exact) mass is 352 g/mol. The number of rotatable bonds is 6. The van der Waals surface area contributed by atoms with Gasteiger partial charge < -0.3 is 15.4 Å². The number of para-hydroxylation sites is 1. The van der Waals surface area contributed by atoms with Crippen molar-refractivity contribution in [2.24, 2.45) is 0 Å². The lowest BCUT2D eigenvalue weighted by Crippen LogP contribution is -2.23. The first kappa shape index (κ1) is 17.7. The smallest absolute Gasteiger partial charge is 0.243 e. The van der Waals surface area contributed by atoms with Crippen LogP contribution in [0.15, 0.2) is 47.4 Å². The Kier molecular flexibility index (Phi) is 5.40. The molecule has 2 aromatic carbocycles. The number of hydrogen-bond donors (Lipinski definition) is 2. The van der Waals surface area contributed by atoms with Crippen molar-refractivity contribution in [3.05, 3.63) is 48.3 Å². The first-order chi connectivity index (χ1) is 11.3. The minimum atomic E-state index is -3.51. The molecule has 0 radical (unpaired) electrons. The van der Waals surface area contributed by atoms with Gasteiger partial charge in [-0.2, -0.15) is 0 Å². The van der Waals surface area contributed by atoms with Crippen LogP contribution in [0.1, 0.15) is 0 Å². The van der Waals surface area contributed by atoms with E-state index in [1.165, 1.54) is 37.4 Å². The highest BCUT2D eigenvalue weighted by Crippen LogP contribution is 2.26. The summed E-state index contributed by atoms with van der Waals surface area (Å²) in [5.41, 5.74) is 0.323. The molecule has 0 aromatic heterocycles. The van der Waals surface area contributed by atoms with E-state index in [1.54, 1.807) is 12.1 Å². The van der Waals surface area contributed by atoms with E-state index in [0.29, 0.717) is 5.75 Å². The summed E-state index contributed by atoms with van der Waals surface area (Å²) in [5, 5.41) is 5.15. The molecule has 0 fully saturated rings. The van der Waals surface area contributed by atoms with Crippen molar-refractivity contribution >= 4 is 27.1 Å². The molecule has 128 valence electrons. The van der Waals surface area contributed by atoms with Crippen LogP contribution in [-0.2, 0) is 14.6 Å². The summed E-state index contributed by atoms with van der Waals surface area (Å²) in [5.74, 6) is -0.667. The van der Waals surface area contributed by atoms with Gasteiger partial charge in [-0.25, -0.2) is 12.8 Å². The van der Waals surface area contributed by atoms with Crippen molar-refractivity contribution < 1.29 is 22.3 Å². The number of carbonyl (C=O) groups is 1. The molecule has 0 bridgehead atoms. The first-order valence-corrected chi connectivity index (χ1v) is 8.87. The first-order valence-electron chi connectivity index (χ1n) is 6.97. The summed E-state index contributed by atoms with van der Waals surface area (Å²) in [4.78, 5) is 11.9. The number of nitrogens with one attached hydrogen (secondary N) is 2. The third kappa shape index (κ3) is 4.45. The molecule has 2 rings (SSSR count). The predicted molar refractivity (Wildman–Crippen MR) is 89.6 cm³/mol. The molecule has 0 unspecified atom stereocenters. The van der Waals surface area contributed by atoms with Gasteiger partial charge in [0.15, 0.2) is 9.84 Å². The van der Waals surface area contributed by atoms with Crippen molar-refractivity contribution in [2.45, 2.75) is 4.90 Å². The van der Waals surface area contributed by atoms with Crippen molar-refractivity contribution in [3.8, 4) is 5.75 Å². The van der Waals surface area contributed by atoms with Crippen LogP contribution in [-0.4, -0.2) is 34.2 Å². The molecule has 0 saturated heterocycles. The SMILES string of the molecule is COc1ccc(NCC(=O)Nc2ccccc2F)c(S(C)(=O)=O)c1. The summed E-state index contributed by atoms with van der Waals surface area (Å²) >= 11 is 0. The summed E-state index contributed by atoms with van der Waals surface area (Å²) in [6.45, 7) is -0.219. The summed E-state index contributed by atoms with van der Waals surface area (Å²) < 4.78 is 42.2. The van der Waals surface area contributed by atoms with Gasteiger partial charge in [0.25, 0.3) is 0 Å². The third-order valence-corrected chi connectivity index (χ3v) is 4.31. The molecule has 0 aliphatic rings. The summed E-state index contributed by atoms with van der Waals surface area (Å²) in [6, 6.07) is 10.2. The van der Waals surface area contributed by atoms with Crippen LogP contribution in [0.4, 0.5) is 15.8 Å². The fraction of sp³-hybridized carbons (Fsp3) is 0.188. The topological polar surface area (TPSA) is 84.5 Å². The summed E-state index contributed by atoms with van der Waals surface area (Å²) in [6.07, 6.45) is 1.06. The molecule has 2 N–H and O–H groups in total. The van der Waals surface area contributed by atoms with E-state index in [-0.39, 0.29) is 22.8 Å². The average molecular weight is 352 g/mol. The fourth-order valence-electron chi connectivity index (χ4n) is 2.01. The molecule has 0 saturated carbocycles. The second-order valence-corrected chi connectivity index (χ2v) is 7.00. The standard InChI is InChI=1S/C16H17FN2O4S/c1-23-11-7-8-14(15(9-11)24(2,21)22)18-10-16(20)19-13-6-4-3-5-12(13)17/h3-9,18H,10H2,1-2H3,(H,19,20). The number of ether oxygens (including phenoxy) is 1. The second kappa shape index (κ2) is 7.31. The molecule has 1 amide bonds. The van der Waals surface area contributed by atoms with Gasteiger partial charge in [0.05, 0.1) is 29.9 Å². The number of benzene rings is 2. The van der Waals surface area contributed by atoms with Gasteiger partial charge in [-0.15, -0.1) is 0 Å². The molecule has 0 spiro atoms. The largest absolute Gasteiger partial charge is 0.497 e.